The summed E-state index contributed by atoms with van der Waals surface area (Å²) in [5, 5.41) is 3.56. The molecule has 0 bridgehead atoms. The van der Waals surface area contributed by atoms with E-state index < -0.39 is 5.54 Å². The van der Waals surface area contributed by atoms with Crippen molar-refractivity contribution in [2.45, 2.75) is 70.5 Å². The second kappa shape index (κ2) is 6.44. The van der Waals surface area contributed by atoms with Crippen molar-refractivity contribution in [3.05, 3.63) is 0 Å². The van der Waals surface area contributed by atoms with Gasteiger partial charge in [-0.15, -0.1) is 0 Å². The van der Waals surface area contributed by atoms with Gasteiger partial charge in [0.25, 0.3) is 0 Å². The minimum absolute atomic E-state index is 0.0737. The van der Waals surface area contributed by atoms with Crippen LogP contribution in [0.3, 0.4) is 0 Å². The average molecular weight is 282 g/mol. The van der Waals surface area contributed by atoms with Crippen LogP contribution in [0.2, 0.25) is 0 Å². The maximum absolute atomic E-state index is 12.5. The van der Waals surface area contributed by atoms with E-state index in [1.165, 1.54) is 26.4 Å². The molecule has 1 saturated heterocycles. The lowest BCUT2D eigenvalue weighted by atomic mass is 9.90. The van der Waals surface area contributed by atoms with Gasteiger partial charge in [-0.1, -0.05) is 6.92 Å². The Bertz CT molecular complexity index is 341. The number of carbonyl (C=O) groups excluding carboxylic acids is 1. The number of nitrogens with one attached hydrogen (secondary N) is 1. The Labute approximate surface area is 123 Å². The molecule has 2 unspecified atom stereocenters. The van der Waals surface area contributed by atoms with Gasteiger partial charge in [0.15, 0.2) is 0 Å². The maximum Gasteiger partial charge on any atom is 0.327 e. The number of rotatable bonds is 7. The van der Waals surface area contributed by atoms with E-state index in [4.69, 9.17) is 4.74 Å². The predicted molar refractivity (Wildman–Crippen MR) is 80.6 cm³/mol. The van der Waals surface area contributed by atoms with Gasteiger partial charge >= 0.3 is 5.97 Å². The zero-order valence-electron chi connectivity index (χ0n) is 13.4. The van der Waals surface area contributed by atoms with Gasteiger partial charge in [-0.25, -0.2) is 4.79 Å². The molecule has 4 heteroatoms. The van der Waals surface area contributed by atoms with Gasteiger partial charge in [0.2, 0.25) is 0 Å². The Kier molecular flexibility index (Phi) is 5.08. The quantitative estimate of drug-likeness (QED) is 0.727. The molecule has 2 rings (SSSR count). The third kappa shape index (κ3) is 3.17. The molecular weight excluding hydrogens is 252 g/mol. The fourth-order valence-electron chi connectivity index (χ4n) is 3.74. The molecule has 0 aromatic rings. The highest BCUT2D eigenvalue weighted by Gasteiger charge is 2.53. The maximum atomic E-state index is 12.5. The Morgan fingerprint density at radius 3 is 2.60 bits per heavy atom. The first-order valence-corrected chi connectivity index (χ1v) is 8.13. The first-order valence-electron chi connectivity index (χ1n) is 8.13. The third-order valence-corrected chi connectivity index (χ3v) is 4.79. The molecule has 1 heterocycles. The van der Waals surface area contributed by atoms with Crippen LogP contribution in [-0.2, 0) is 9.53 Å². The molecule has 116 valence electrons. The van der Waals surface area contributed by atoms with Gasteiger partial charge in [0, 0.05) is 18.6 Å². The molecule has 0 aromatic carbocycles. The lowest BCUT2D eigenvalue weighted by Crippen LogP contribution is -2.63. The van der Waals surface area contributed by atoms with Crippen molar-refractivity contribution in [3.63, 3.8) is 0 Å². The van der Waals surface area contributed by atoms with Crippen molar-refractivity contribution in [1.29, 1.82) is 0 Å². The first-order chi connectivity index (χ1) is 9.53. The van der Waals surface area contributed by atoms with Crippen molar-refractivity contribution in [3.8, 4) is 0 Å². The second-order valence-corrected chi connectivity index (χ2v) is 6.71. The zero-order valence-corrected chi connectivity index (χ0v) is 13.4. The lowest BCUT2D eigenvalue weighted by Gasteiger charge is -2.39. The van der Waals surface area contributed by atoms with E-state index in [0.717, 1.165) is 25.9 Å². The normalized spacial score (nSPS) is 26.8. The highest BCUT2D eigenvalue weighted by atomic mass is 16.5. The first kappa shape index (κ1) is 15.8. The standard InChI is InChI=1S/C16H30N2O2/c1-5-14-7-6-10-18(14)11-16(13-8-9-13,15(19)20-4)17-12(2)3/h12-14,17H,5-11H2,1-4H3. The van der Waals surface area contributed by atoms with Crippen LogP contribution < -0.4 is 5.32 Å². The molecule has 2 fully saturated rings. The van der Waals surface area contributed by atoms with Gasteiger partial charge in [-0.3, -0.25) is 10.2 Å². The largest absolute Gasteiger partial charge is 0.468 e. The topological polar surface area (TPSA) is 41.6 Å². The highest BCUT2D eigenvalue weighted by Crippen LogP contribution is 2.42. The number of hydrogen-bond acceptors (Lipinski definition) is 4. The molecule has 1 aliphatic heterocycles. The number of nitrogens with zero attached hydrogens (tertiary/aromatic N) is 1. The van der Waals surface area contributed by atoms with Crippen LogP contribution in [-0.4, -0.2) is 48.7 Å². The van der Waals surface area contributed by atoms with Crippen LogP contribution in [0.15, 0.2) is 0 Å². The summed E-state index contributed by atoms with van der Waals surface area (Å²) in [5.74, 6) is 0.367. The Hall–Kier alpha value is -0.610. The molecule has 1 N–H and O–H groups in total. The summed E-state index contributed by atoms with van der Waals surface area (Å²) >= 11 is 0. The van der Waals surface area contributed by atoms with Crippen molar-refractivity contribution in [2.75, 3.05) is 20.2 Å². The molecule has 1 aliphatic carbocycles. The van der Waals surface area contributed by atoms with Gasteiger partial charge in [0.05, 0.1) is 7.11 Å². The number of hydrogen-bond donors (Lipinski definition) is 1. The number of carbonyl (C=O) groups is 1. The minimum Gasteiger partial charge on any atom is -0.468 e. The average Bonchev–Trinajstić information content (AvgIpc) is 3.18. The van der Waals surface area contributed by atoms with Gasteiger partial charge in [0.1, 0.15) is 5.54 Å². The number of methoxy groups -OCH3 is 1. The zero-order chi connectivity index (χ0) is 14.8. The van der Waals surface area contributed by atoms with E-state index in [0.29, 0.717) is 12.0 Å². The van der Waals surface area contributed by atoms with Crippen LogP contribution >= 0.6 is 0 Å². The minimum atomic E-state index is -0.499. The van der Waals surface area contributed by atoms with Crippen molar-refractivity contribution >= 4 is 5.97 Å². The number of ether oxygens (including phenoxy) is 1. The summed E-state index contributed by atoms with van der Waals surface area (Å²) in [6.07, 6.45) is 5.96. The smallest absolute Gasteiger partial charge is 0.327 e. The molecule has 2 aliphatic rings. The van der Waals surface area contributed by atoms with E-state index in [1.807, 2.05) is 0 Å². The molecule has 0 radical (unpaired) electrons. The molecule has 4 nitrogen and oxygen atoms in total. The van der Waals surface area contributed by atoms with Gasteiger partial charge in [-0.2, -0.15) is 0 Å². The summed E-state index contributed by atoms with van der Waals surface area (Å²) in [4.78, 5) is 15.0. The summed E-state index contributed by atoms with van der Waals surface area (Å²) in [5.41, 5.74) is -0.499. The van der Waals surface area contributed by atoms with Crippen LogP contribution in [0, 0.1) is 5.92 Å². The molecular formula is C16H30N2O2. The highest BCUT2D eigenvalue weighted by molar-refractivity contribution is 5.82. The summed E-state index contributed by atoms with van der Waals surface area (Å²) in [7, 11) is 1.52. The van der Waals surface area contributed by atoms with Crippen LogP contribution in [0.1, 0.15) is 52.9 Å². The second-order valence-electron chi connectivity index (χ2n) is 6.71. The van der Waals surface area contributed by atoms with Crippen molar-refractivity contribution in [1.82, 2.24) is 10.2 Å². The fourth-order valence-corrected chi connectivity index (χ4v) is 3.74. The Morgan fingerprint density at radius 2 is 2.10 bits per heavy atom. The van der Waals surface area contributed by atoms with Crippen LogP contribution in [0.25, 0.3) is 0 Å². The Balaban J connectivity index is 2.18. The van der Waals surface area contributed by atoms with E-state index in [-0.39, 0.29) is 12.0 Å². The summed E-state index contributed by atoms with van der Waals surface area (Å²) < 4.78 is 5.17. The van der Waals surface area contributed by atoms with E-state index >= 15 is 0 Å². The lowest BCUT2D eigenvalue weighted by molar-refractivity contribution is -0.151. The van der Waals surface area contributed by atoms with Crippen molar-refractivity contribution < 1.29 is 9.53 Å². The predicted octanol–water partition coefficient (Wildman–Crippen LogP) is 2.18. The van der Waals surface area contributed by atoms with E-state index in [9.17, 15) is 4.79 Å². The monoisotopic (exact) mass is 282 g/mol. The van der Waals surface area contributed by atoms with E-state index in [1.54, 1.807) is 0 Å². The Morgan fingerprint density at radius 1 is 1.40 bits per heavy atom. The van der Waals surface area contributed by atoms with Crippen LogP contribution in [0.5, 0.6) is 0 Å². The third-order valence-electron chi connectivity index (χ3n) is 4.79. The molecule has 0 amide bonds. The van der Waals surface area contributed by atoms with Gasteiger partial charge < -0.3 is 4.74 Å². The number of esters is 1. The molecule has 2 atom stereocenters. The molecule has 0 aromatic heterocycles. The fraction of sp³-hybridized carbons (Fsp3) is 0.938. The SMILES string of the molecule is CCC1CCCN1CC(NC(C)C)(C(=O)OC)C1CC1. The summed E-state index contributed by atoms with van der Waals surface area (Å²) in [6.45, 7) is 8.39. The van der Waals surface area contributed by atoms with Gasteiger partial charge in [-0.05, 0) is 58.4 Å². The molecule has 20 heavy (non-hydrogen) atoms. The summed E-state index contributed by atoms with van der Waals surface area (Å²) in [6, 6.07) is 0.920. The molecule has 0 spiro atoms. The van der Waals surface area contributed by atoms with E-state index in [2.05, 4.69) is 31.0 Å². The molecule has 1 saturated carbocycles. The number of likely N-dealkylation sites (tertiary alicyclic amines) is 1. The van der Waals surface area contributed by atoms with Crippen molar-refractivity contribution in [2.24, 2.45) is 5.92 Å². The van der Waals surface area contributed by atoms with Crippen LogP contribution in [0.4, 0.5) is 0 Å².